The van der Waals surface area contributed by atoms with E-state index in [4.69, 9.17) is 4.74 Å². The van der Waals surface area contributed by atoms with Crippen LogP contribution in [0.15, 0.2) is 18.2 Å². The van der Waals surface area contributed by atoms with Crippen molar-refractivity contribution in [3.05, 3.63) is 34.9 Å². The van der Waals surface area contributed by atoms with Crippen LogP contribution in [0.5, 0.6) is 0 Å². The quantitative estimate of drug-likeness (QED) is 0.390. The Hall–Kier alpha value is -2.61. The number of aliphatic hydroxyl groups is 1. The van der Waals surface area contributed by atoms with Gasteiger partial charge in [0.15, 0.2) is 0 Å². The zero-order valence-corrected chi connectivity index (χ0v) is 23.6. The molecular formula is C28H47N3O5. The highest BCUT2D eigenvalue weighted by Gasteiger charge is 2.38. The largest absolute Gasteiger partial charge is 0.444 e. The first kappa shape index (κ1) is 31.4. The molecule has 0 radical (unpaired) electrons. The SMILES string of the molecule is CCCC(C)NC(=O)C(c1cccc(C)c1C)N(CCO)C(=O)C(NC(=O)OC(C)(C)C)C(C)CC. The summed E-state index contributed by atoms with van der Waals surface area (Å²) < 4.78 is 5.41. The van der Waals surface area contributed by atoms with Gasteiger partial charge in [-0.25, -0.2) is 4.79 Å². The van der Waals surface area contributed by atoms with E-state index in [1.807, 2.05) is 59.7 Å². The van der Waals surface area contributed by atoms with Gasteiger partial charge in [-0.15, -0.1) is 0 Å². The molecule has 4 atom stereocenters. The van der Waals surface area contributed by atoms with Gasteiger partial charge in [0.25, 0.3) is 0 Å². The van der Waals surface area contributed by atoms with Crippen molar-refractivity contribution in [2.24, 2.45) is 5.92 Å². The van der Waals surface area contributed by atoms with Gasteiger partial charge >= 0.3 is 6.09 Å². The Morgan fingerprint density at radius 1 is 1.08 bits per heavy atom. The number of aliphatic hydroxyl groups excluding tert-OH is 1. The predicted molar refractivity (Wildman–Crippen MR) is 143 cm³/mol. The van der Waals surface area contributed by atoms with E-state index in [9.17, 15) is 19.5 Å². The van der Waals surface area contributed by atoms with Gasteiger partial charge in [0, 0.05) is 12.6 Å². The van der Waals surface area contributed by atoms with E-state index in [0.29, 0.717) is 12.0 Å². The number of amides is 3. The van der Waals surface area contributed by atoms with Crippen molar-refractivity contribution < 1.29 is 24.2 Å². The topological polar surface area (TPSA) is 108 Å². The highest BCUT2D eigenvalue weighted by atomic mass is 16.6. The van der Waals surface area contributed by atoms with Crippen molar-refractivity contribution in [3.63, 3.8) is 0 Å². The number of nitrogens with one attached hydrogen (secondary N) is 2. The molecule has 1 rings (SSSR count). The molecule has 204 valence electrons. The highest BCUT2D eigenvalue weighted by Crippen LogP contribution is 2.28. The molecule has 4 unspecified atom stereocenters. The third-order valence-electron chi connectivity index (χ3n) is 6.39. The standard InChI is InChI=1S/C28H47N3O5/c1-10-13-20(5)29-25(33)24(22-15-12-14-19(4)21(22)6)31(16-17-32)26(34)23(18(3)11-2)30-27(35)36-28(7,8)9/h12,14-15,18,20,23-24,32H,10-11,13,16-17H2,1-9H3,(H,29,33)(H,30,35). The summed E-state index contributed by atoms with van der Waals surface area (Å²) in [5, 5.41) is 15.7. The molecule has 0 aliphatic rings. The molecule has 0 aromatic heterocycles. The number of aryl methyl sites for hydroxylation is 1. The molecule has 0 fully saturated rings. The fraction of sp³-hybridized carbons (Fsp3) is 0.679. The summed E-state index contributed by atoms with van der Waals surface area (Å²) >= 11 is 0. The zero-order valence-electron chi connectivity index (χ0n) is 23.6. The summed E-state index contributed by atoms with van der Waals surface area (Å²) in [4.78, 5) is 41.7. The van der Waals surface area contributed by atoms with Crippen molar-refractivity contribution in [1.29, 1.82) is 0 Å². The van der Waals surface area contributed by atoms with Crippen LogP contribution in [-0.4, -0.2) is 58.8 Å². The molecule has 0 saturated heterocycles. The van der Waals surface area contributed by atoms with E-state index in [1.165, 1.54) is 4.90 Å². The summed E-state index contributed by atoms with van der Waals surface area (Å²) in [6.45, 7) is 16.5. The minimum absolute atomic E-state index is 0.0601. The second kappa shape index (κ2) is 14.2. The number of nitrogens with zero attached hydrogens (tertiary/aromatic N) is 1. The van der Waals surface area contributed by atoms with Crippen molar-refractivity contribution in [3.8, 4) is 0 Å². The summed E-state index contributed by atoms with van der Waals surface area (Å²) in [6.07, 6.45) is 1.63. The van der Waals surface area contributed by atoms with Crippen molar-refractivity contribution in [2.75, 3.05) is 13.2 Å². The second-order valence-electron chi connectivity index (χ2n) is 10.7. The maximum absolute atomic E-state index is 14.0. The van der Waals surface area contributed by atoms with Gasteiger partial charge in [-0.2, -0.15) is 0 Å². The third kappa shape index (κ3) is 9.12. The second-order valence-corrected chi connectivity index (χ2v) is 10.7. The number of benzene rings is 1. The molecule has 3 amide bonds. The lowest BCUT2D eigenvalue weighted by atomic mass is 9.93. The normalized spacial score (nSPS) is 14.8. The lowest BCUT2D eigenvalue weighted by molar-refractivity contribution is -0.144. The molecule has 0 aliphatic carbocycles. The van der Waals surface area contributed by atoms with E-state index in [-0.39, 0.29) is 31.0 Å². The Labute approximate surface area is 217 Å². The summed E-state index contributed by atoms with van der Waals surface area (Å²) in [5.41, 5.74) is 1.86. The Bertz CT molecular complexity index is 880. The predicted octanol–water partition coefficient (Wildman–Crippen LogP) is 4.41. The molecule has 1 aromatic carbocycles. The van der Waals surface area contributed by atoms with Crippen molar-refractivity contribution in [2.45, 2.75) is 105 Å². The van der Waals surface area contributed by atoms with E-state index in [1.54, 1.807) is 20.8 Å². The molecule has 36 heavy (non-hydrogen) atoms. The highest BCUT2D eigenvalue weighted by molar-refractivity contribution is 5.92. The lowest BCUT2D eigenvalue weighted by Gasteiger charge is -2.36. The minimum atomic E-state index is -0.962. The Morgan fingerprint density at radius 2 is 1.72 bits per heavy atom. The fourth-order valence-corrected chi connectivity index (χ4v) is 4.12. The van der Waals surface area contributed by atoms with Crippen molar-refractivity contribution in [1.82, 2.24) is 15.5 Å². The minimum Gasteiger partial charge on any atom is -0.444 e. The number of hydrogen-bond acceptors (Lipinski definition) is 5. The summed E-state index contributed by atoms with van der Waals surface area (Å²) in [5.74, 6) is -0.979. The Morgan fingerprint density at radius 3 is 2.25 bits per heavy atom. The zero-order chi connectivity index (χ0) is 27.6. The molecule has 1 aromatic rings. The smallest absolute Gasteiger partial charge is 0.408 e. The van der Waals surface area contributed by atoms with Crippen LogP contribution in [0.25, 0.3) is 0 Å². The number of carbonyl (C=O) groups is 3. The molecule has 0 saturated carbocycles. The first-order chi connectivity index (χ1) is 16.8. The molecule has 3 N–H and O–H groups in total. The maximum atomic E-state index is 14.0. The number of hydrogen-bond donors (Lipinski definition) is 3. The number of carbonyl (C=O) groups excluding carboxylic acids is 3. The van der Waals surface area contributed by atoms with Gasteiger partial charge in [-0.3, -0.25) is 9.59 Å². The van der Waals surface area contributed by atoms with Crippen molar-refractivity contribution >= 4 is 17.9 Å². The molecule has 0 spiro atoms. The molecular weight excluding hydrogens is 458 g/mol. The van der Waals surface area contributed by atoms with Crippen LogP contribution in [0.1, 0.15) is 90.5 Å². The van der Waals surface area contributed by atoms with E-state index < -0.39 is 29.7 Å². The van der Waals surface area contributed by atoms with Crippen LogP contribution in [0.4, 0.5) is 4.79 Å². The van der Waals surface area contributed by atoms with Gasteiger partial charge in [-0.1, -0.05) is 51.8 Å². The van der Waals surface area contributed by atoms with Crippen LogP contribution in [0.2, 0.25) is 0 Å². The first-order valence-electron chi connectivity index (χ1n) is 13.0. The van der Waals surface area contributed by atoms with Gasteiger partial charge in [0.05, 0.1) is 6.61 Å². The molecule has 8 nitrogen and oxygen atoms in total. The van der Waals surface area contributed by atoms with Crippen LogP contribution >= 0.6 is 0 Å². The number of alkyl carbamates (subject to hydrolysis) is 1. The van der Waals surface area contributed by atoms with E-state index in [2.05, 4.69) is 10.6 Å². The monoisotopic (exact) mass is 505 g/mol. The first-order valence-corrected chi connectivity index (χ1v) is 13.0. The van der Waals surface area contributed by atoms with Crippen LogP contribution in [-0.2, 0) is 14.3 Å². The van der Waals surface area contributed by atoms with Gasteiger partial charge in [-0.05, 0) is 70.6 Å². The fourth-order valence-electron chi connectivity index (χ4n) is 4.12. The Kier molecular flexibility index (Phi) is 12.4. The van der Waals surface area contributed by atoms with E-state index in [0.717, 1.165) is 24.0 Å². The summed E-state index contributed by atoms with van der Waals surface area (Å²) in [7, 11) is 0. The van der Waals surface area contributed by atoms with Crippen LogP contribution in [0, 0.1) is 19.8 Å². The number of ether oxygens (including phenoxy) is 1. The average molecular weight is 506 g/mol. The summed E-state index contributed by atoms with van der Waals surface area (Å²) in [6, 6.07) is 3.69. The molecule has 8 heteroatoms. The lowest BCUT2D eigenvalue weighted by Crippen LogP contribution is -2.56. The van der Waals surface area contributed by atoms with Gasteiger partial charge in [0.2, 0.25) is 11.8 Å². The van der Waals surface area contributed by atoms with E-state index >= 15 is 0 Å². The molecule has 0 aliphatic heterocycles. The average Bonchev–Trinajstić information content (AvgIpc) is 2.77. The Balaban J connectivity index is 3.54. The molecule has 0 heterocycles. The van der Waals surface area contributed by atoms with Crippen LogP contribution < -0.4 is 10.6 Å². The van der Waals surface area contributed by atoms with Gasteiger partial charge in [0.1, 0.15) is 17.7 Å². The van der Waals surface area contributed by atoms with Crippen LogP contribution in [0.3, 0.4) is 0 Å². The van der Waals surface area contributed by atoms with Gasteiger partial charge < -0.3 is 25.4 Å². The third-order valence-corrected chi connectivity index (χ3v) is 6.39. The number of rotatable bonds is 12. The molecule has 0 bridgehead atoms. The maximum Gasteiger partial charge on any atom is 0.408 e.